The summed E-state index contributed by atoms with van der Waals surface area (Å²) in [6, 6.07) is 0.857. The SMILES string of the molecule is CCCNc1nc(Cl)c(C(=O)O)cc1F. The summed E-state index contributed by atoms with van der Waals surface area (Å²) in [5.41, 5.74) is -0.337. The van der Waals surface area contributed by atoms with Crippen molar-refractivity contribution < 1.29 is 14.3 Å². The first-order valence-corrected chi connectivity index (χ1v) is 4.77. The highest BCUT2D eigenvalue weighted by Crippen LogP contribution is 2.20. The number of carboxylic acids is 1. The molecule has 4 nitrogen and oxygen atoms in total. The zero-order valence-corrected chi connectivity index (χ0v) is 8.81. The number of rotatable bonds is 4. The van der Waals surface area contributed by atoms with Gasteiger partial charge in [0.1, 0.15) is 5.15 Å². The van der Waals surface area contributed by atoms with Crippen LogP contribution >= 0.6 is 11.6 Å². The van der Waals surface area contributed by atoms with Gasteiger partial charge < -0.3 is 10.4 Å². The van der Waals surface area contributed by atoms with Crippen molar-refractivity contribution in [2.75, 3.05) is 11.9 Å². The van der Waals surface area contributed by atoms with Gasteiger partial charge in [-0.1, -0.05) is 18.5 Å². The van der Waals surface area contributed by atoms with Crippen LogP contribution in [0.5, 0.6) is 0 Å². The molecule has 0 aliphatic heterocycles. The third-order valence-electron chi connectivity index (χ3n) is 1.70. The van der Waals surface area contributed by atoms with E-state index in [0.717, 1.165) is 12.5 Å². The third kappa shape index (κ3) is 2.79. The maximum absolute atomic E-state index is 13.3. The molecule has 82 valence electrons. The minimum atomic E-state index is -1.30. The normalized spacial score (nSPS) is 10.1. The van der Waals surface area contributed by atoms with Gasteiger partial charge in [0.15, 0.2) is 11.6 Å². The van der Waals surface area contributed by atoms with Crippen LogP contribution in [0.4, 0.5) is 10.2 Å². The maximum Gasteiger partial charge on any atom is 0.338 e. The molecule has 0 aliphatic carbocycles. The first-order chi connectivity index (χ1) is 7.06. The van der Waals surface area contributed by atoms with Crippen LogP contribution in [0.1, 0.15) is 23.7 Å². The van der Waals surface area contributed by atoms with E-state index in [1.165, 1.54) is 0 Å². The van der Waals surface area contributed by atoms with Crippen LogP contribution in [0.15, 0.2) is 6.07 Å². The van der Waals surface area contributed by atoms with Gasteiger partial charge in [-0.3, -0.25) is 0 Å². The molecule has 1 aromatic rings. The highest BCUT2D eigenvalue weighted by molar-refractivity contribution is 6.32. The molecule has 2 N–H and O–H groups in total. The molecule has 0 bridgehead atoms. The van der Waals surface area contributed by atoms with Gasteiger partial charge in [-0.2, -0.15) is 0 Å². The summed E-state index contributed by atoms with van der Waals surface area (Å²) in [4.78, 5) is 14.2. The fourth-order valence-electron chi connectivity index (χ4n) is 0.984. The van der Waals surface area contributed by atoms with E-state index >= 15 is 0 Å². The minimum Gasteiger partial charge on any atom is -0.478 e. The topological polar surface area (TPSA) is 62.2 Å². The van der Waals surface area contributed by atoms with Gasteiger partial charge >= 0.3 is 5.97 Å². The molecule has 1 heterocycles. The maximum atomic E-state index is 13.3. The number of aromatic carboxylic acids is 1. The van der Waals surface area contributed by atoms with Crippen LogP contribution in [0, 0.1) is 5.82 Å². The molecular weight excluding hydrogens is 223 g/mol. The van der Waals surface area contributed by atoms with Gasteiger partial charge in [-0.15, -0.1) is 0 Å². The second-order valence-electron chi connectivity index (χ2n) is 2.89. The van der Waals surface area contributed by atoms with Gasteiger partial charge in [-0.25, -0.2) is 14.2 Å². The van der Waals surface area contributed by atoms with E-state index in [0.29, 0.717) is 6.54 Å². The molecule has 1 rings (SSSR count). The number of hydrogen-bond acceptors (Lipinski definition) is 3. The summed E-state index contributed by atoms with van der Waals surface area (Å²) in [5.74, 6) is -2.04. The second-order valence-corrected chi connectivity index (χ2v) is 3.25. The highest BCUT2D eigenvalue weighted by Gasteiger charge is 2.14. The number of nitrogens with one attached hydrogen (secondary N) is 1. The predicted molar refractivity (Wildman–Crippen MR) is 54.9 cm³/mol. The van der Waals surface area contributed by atoms with Crippen LogP contribution in [-0.2, 0) is 0 Å². The Hall–Kier alpha value is -1.36. The van der Waals surface area contributed by atoms with Crippen molar-refractivity contribution in [1.29, 1.82) is 0 Å². The molecule has 0 aromatic carbocycles. The predicted octanol–water partition coefficient (Wildman–Crippen LogP) is 2.39. The number of halogens is 2. The molecular formula is C9H10ClFN2O2. The lowest BCUT2D eigenvalue weighted by Gasteiger charge is -2.06. The lowest BCUT2D eigenvalue weighted by Crippen LogP contribution is -2.07. The van der Waals surface area contributed by atoms with Gasteiger partial charge in [0.25, 0.3) is 0 Å². The Kier molecular flexibility index (Phi) is 3.85. The molecule has 0 aliphatic rings. The Morgan fingerprint density at radius 1 is 1.73 bits per heavy atom. The zero-order chi connectivity index (χ0) is 11.4. The average Bonchev–Trinajstić information content (AvgIpc) is 2.18. The number of carboxylic acid groups (broad SMARTS) is 1. The van der Waals surface area contributed by atoms with Crippen molar-refractivity contribution in [2.24, 2.45) is 0 Å². The van der Waals surface area contributed by atoms with Crippen LogP contribution in [0.2, 0.25) is 5.15 Å². The van der Waals surface area contributed by atoms with Gasteiger partial charge in [0.2, 0.25) is 0 Å². The Labute approximate surface area is 91.1 Å². The molecule has 0 spiro atoms. The van der Waals surface area contributed by atoms with E-state index in [4.69, 9.17) is 16.7 Å². The Morgan fingerprint density at radius 3 is 2.93 bits per heavy atom. The smallest absolute Gasteiger partial charge is 0.338 e. The molecule has 1 aromatic heterocycles. The Balaban J connectivity index is 3.02. The van der Waals surface area contributed by atoms with E-state index in [9.17, 15) is 9.18 Å². The lowest BCUT2D eigenvalue weighted by molar-refractivity contribution is 0.0696. The summed E-state index contributed by atoms with van der Waals surface area (Å²) in [5, 5.41) is 11.1. The molecule has 0 radical (unpaired) electrons. The largest absolute Gasteiger partial charge is 0.478 e. The summed E-state index contributed by atoms with van der Waals surface area (Å²) >= 11 is 5.58. The second kappa shape index (κ2) is 4.93. The van der Waals surface area contributed by atoms with Crippen molar-refractivity contribution in [1.82, 2.24) is 4.98 Å². The molecule has 0 saturated carbocycles. The van der Waals surface area contributed by atoms with E-state index < -0.39 is 11.8 Å². The van der Waals surface area contributed by atoms with E-state index in [-0.39, 0.29) is 16.5 Å². The average molecular weight is 233 g/mol. The fourth-order valence-corrected chi connectivity index (χ4v) is 1.20. The fraction of sp³-hybridized carbons (Fsp3) is 0.333. The zero-order valence-electron chi connectivity index (χ0n) is 8.05. The highest BCUT2D eigenvalue weighted by atomic mass is 35.5. The van der Waals surface area contributed by atoms with Crippen molar-refractivity contribution in [2.45, 2.75) is 13.3 Å². The molecule has 6 heteroatoms. The summed E-state index contributed by atoms with van der Waals surface area (Å²) in [7, 11) is 0. The molecule has 0 unspecified atom stereocenters. The van der Waals surface area contributed by atoms with Crippen molar-refractivity contribution in [3.05, 3.63) is 22.6 Å². The Bertz CT molecular complexity index is 385. The van der Waals surface area contributed by atoms with Crippen LogP contribution < -0.4 is 5.32 Å². The first-order valence-electron chi connectivity index (χ1n) is 4.39. The van der Waals surface area contributed by atoms with Gasteiger partial charge in [0.05, 0.1) is 5.56 Å². The quantitative estimate of drug-likeness (QED) is 0.783. The number of pyridine rings is 1. The Morgan fingerprint density at radius 2 is 2.40 bits per heavy atom. The first kappa shape index (κ1) is 11.7. The van der Waals surface area contributed by atoms with Crippen LogP contribution in [0.25, 0.3) is 0 Å². The van der Waals surface area contributed by atoms with E-state index in [1.807, 2.05) is 6.92 Å². The molecule has 0 saturated heterocycles. The lowest BCUT2D eigenvalue weighted by atomic mass is 10.3. The molecule has 0 fully saturated rings. The third-order valence-corrected chi connectivity index (χ3v) is 1.99. The van der Waals surface area contributed by atoms with E-state index in [2.05, 4.69) is 10.3 Å². The number of hydrogen-bond donors (Lipinski definition) is 2. The van der Waals surface area contributed by atoms with Crippen LogP contribution in [-0.4, -0.2) is 22.6 Å². The van der Waals surface area contributed by atoms with Gasteiger partial charge in [0, 0.05) is 6.54 Å². The van der Waals surface area contributed by atoms with E-state index in [1.54, 1.807) is 0 Å². The number of anilines is 1. The molecule has 15 heavy (non-hydrogen) atoms. The molecule has 0 amide bonds. The standard InChI is InChI=1S/C9H10ClFN2O2/c1-2-3-12-8-6(11)4-5(9(14)15)7(10)13-8/h4H,2-3H2,1H3,(H,12,13)(H,14,15). The summed E-state index contributed by atoms with van der Waals surface area (Å²) in [6.07, 6.45) is 0.805. The minimum absolute atomic E-state index is 0.0214. The van der Waals surface area contributed by atoms with Crippen molar-refractivity contribution >= 4 is 23.4 Å². The number of nitrogens with zero attached hydrogens (tertiary/aromatic N) is 1. The number of aromatic nitrogens is 1. The number of carbonyl (C=O) groups is 1. The molecule has 0 atom stereocenters. The summed E-state index contributed by atoms with van der Waals surface area (Å²) in [6.45, 7) is 2.46. The van der Waals surface area contributed by atoms with Crippen molar-refractivity contribution in [3.8, 4) is 0 Å². The van der Waals surface area contributed by atoms with Gasteiger partial charge in [-0.05, 0) is 12.5 Å². The summed E-state index contributed by atoms with van der Waals surface area (Å²) < 4.78 is 13.3. The van der Waals surface area contributed by atoms with Crippen molar-refractivity contribution in [3.63, 3.8) is 0 Å². The monoisotopic (exact) mass is 232 g/mol. The van der Waals surface area contributed by atoms with Crippen LogP contribution in [0.3, 0.4) is 0 Å².